The lowest BCUT2D eigenvalue weighted by Crippen LogP contribution is -1.94. The number of halogens is 1. The molecule has 0 heterocycles. The van der Waals surface area contributed by atoms with Crippen LogP contribution in [-0.2, 0) is 0 Å². The number of benzene rings is 3. The first-order chi connectivity index (χ1) is 12.7. The smallest absolute Gasteiger partial charge is 0.123 e. The van der Waals surface area contributed by atoms with E-state index in [1.54, 1.807) is 35.7 Å². The Morgan fingerprint density at radius 2 is 1.42 bits per heavy atom. The van der Waals surface area contributed by atoms with Crippen LogP contribution in [0.1, 0.15) is 6.92 Å². The zero-order chi connectivity index (χ0) is 18.2. The summed E-state index contributed by atoms with van der Waals surface area (Å²) in [6.07, 6.45) is 0. The Bertz CT molecular complexity index is 888. The van der Waals surface area contributed by atoms with Gasteiger partial charge in [0.25, 0.3) is 0 Å². The molecule has 0 amide bonds. The number of para-hydroxylation sites is 1. The predicted molar refractivity (Wildman–Crippen MR) is 112 cm³/mol. The van der Waals surface area contributed by atoms with Crippen molar-refractivity contribution in [3.05, 3.63) is 102 Å². The molecule has 1 nitrogen and oxygen atoms in total. The average Bonchev–Trinajstić information content (AvgIpc) is 2.68. The van der Waals surface area contributed by atoms with Crippen molar-refractivity contribution in [3.8, 4) is 0 Å². The third-order valence-electron chi connectivity index (χ3n) is 3.47. The topological polar surface area (TPSA) is 12.4 Å². The van der Waals surface area contributed by atoms with E-state index in [4.69, 9.17) is 4.99 Å². The van der Waals surface area contributed by atoms with Crippen molar-refractivity contribution in [1.82, 2.24) is 0 Å². The Kier molecular flexibility index (Phi) is 6.69. The second-order valence-electron chi connectivity index (χ2n) is 5.54. The van der Waals surface area contributed by atoms with E-state index in [0.717, 1.165) is 26.1 Å². The van der Waals surface area contributed by atoms with Gasteiger partial charge in [-0.1, -0.05) is 59.9 Å². The summed E-state index contributed by atoms with van der Waals surface area (Å²) < 4.78 is 13.1. The van der Waals surface area contributed by atoms with Crippen molar-refractivity contribution < 1.29 is 4.39 Å². The molecule has 3 rings (SSSR count). The molecule has 0 saturated carbocycles. The predicted octanol–water partition coefficient (Wildman–Crippen LogP) is 7.34. The molecule has 4 heteroatoms. The number of hydrogen-bond acceptors (Lipinski definition) is 3. The van der Waals surface area contributed by atoms with Crippen molar-refractivity contribution in [3.63, 3.8) is 0 Å². The van der Waals surface area contributed by atoms with Gasteiger partial charge in [-0.25, -0.2) is 9.38 Å². The standard InChI is InChI=1S/C22H18FNS2/c1-17(16-25-20-14-12-18(23)13-15-20)22(24-19-8-4-2-5-9-19)26-21-10-6-3-7-11-21/h2-16H,1H3/b17-16?,24-22+. The van der Waals surface area contributed by atoms with Crippen LogP contribution >= 0.6 is 23.5 Å². The van der Waals surface area contributed by atoms with Crippen molar-refractivity contribution in [2.75, 3.05) is 0 Å². The first-order valence-electron chi connectivity index (χ1n) is 8.17. The highest BCUT2D eigenvalue weighted by Gasteiger charge is 2.06. The van der Waals surface area contributed by atoms with Crippen LogP contribution in [-0.4, -0.2) is 5.04 Å². The van der Waals surface area contributed by atoms with E-state index >= 15 is 0 Å². The van der Waals surface area contributed by atoms with Crippen molar-refractivity contribution >= 4 is 34.3 Å². The molecule has 130 valence electrons. The van der Waals surface area contributed by atoms with E-state index in [1.807, 2.05) is 55.5 Å². The summed E-state index contributed by atoms with van der Waals surface area (Å²) in [5, 5.41) is 3.00. The van der Waals surface area contributed by atoms with Crippen molar-refractivity contribution in [1.29, 1.82) is 0 Å². The second kappa shape index (κ2) is 9.41. The highest BCUT2D eigenvalue weighted by molar-refractivity contribution is 8.14. The summed E-state index contributed by atoms with van der Waals surface area (Å²) in [7, 11) is 0. The lowest BCUT2D eigenvalue weighted by Gasteiger charge is -2.08. The normalized spacial score (nSPS) is 12.2. The second-order valence-corrected chi connectivity index (χ2v) is 7.55. The minimum absolute atomic E-state index is 0.221. The van der Waals surface area contributed by atoms with Gasteiger partial charge in [-0.05, 0) is 66.4 Å². The van der Waals surface area contributed by atoms with Gasteiger partial charge in [0.1, 0.15) is 10.9 Å². The number of nitrogens with zero attached hydrogens (tertiary/aromatic N) is 1. The van der Waals surface area contributed by atoms with Crippen LogP contribution < -0.4 is 0 Å². The fourth-order valence-electron chi connectivity index (χ4n) is 2.13. The molecule has 0 radical (unpaired) electrons. The Labute approximate surface area is 162 Å². The molecule has 0 spiro atoms. The zero-order valence-corrected chi connectivity index (χ0v) is 15.9. The first-order valence-corrected chi connectivity index (χ1v) is 9.86. The Morgan fingerprint density at radius 3 is 2.08 bits per heavy atom. The summed E-state index contributed by atoms with van der Waals surface area (Å²) in [5.41, 5.74) is 1.99. The van der Waals surface area contributed by atoms with Gasteiger partial charge in [0.15, 0.2) is 0 Å². The van der Waals surface area contributed by atoms with Gasteiger partial charge in [0, 0.05) is 9.79 Å². The molecule has 0 unspecified atom stereocenters. The SMILES string of the molecule is CC(=CSc1ccc(F)cc1)/C(=N\c1ccccc1)Sc1ccccc1. The molecule has 0 aliphatic heterocycles. The van der Waals surface area contributed by atoms with Crippen LogP contribution in [0.5, 0.6) is 0 Å². The van der Waals surface area contributed by atoms with E-state index in [-0.39, 0.29) is 5.82 Å². The largest absolute Gasteiger partial charge is 0.241 e. The first kappa shape index (κ1) is 18.5. The maximum atomic E-state index is 13.1. The van der Waals surface area contributed by atoms with Gasteiger partial charge >= 0.3 is 0 Å². The number of hydrogen-bond donors (Lipinski definition) is 0. The molecule has 3 aromatic carbocycles. The molecule has 0 fully saturated rings. The molecule has 0 N–H and O–H groups in total. The fraction of sp³-hybridized carbons (Fsp3) is 0.0455. The van der Waals surface area contributed by atoms with Gasteiger partial charge < -0.3 is 0 Å². The molecule has 0 aliphatic rings. The molecular weight excluding hydrogens is 361 g/mol. The van der Waals surface area contributed by atoms with Gasteiger partial charge in [-0.3, -0.25) is 0 Å². The van der Waals surface area contributed by atoms with Gasteiger partial charge in [0.2, 0.25) is 0 Å². The number of aliphatic imine (C=N–C) groups is 1. The highest BCUT2D eigenvalue weighted by Crippen LogP contribution is 2.29. The van der Waals surface area contributed by atoms with Crippen LogP contribution in [0.3, 0.4) is 0 Å². The monoisotopic (exact) mass is 379 g/mol. The molecule has 3 aromatic rings. The summed E-state index contributed by atoms with van der Waals surface area (Å²) in [4.78, 5) is 6.95. The van der Waals surface area contributed by atoms with E-state index in [9.17, 15) is 4.39 Å². The fourth-order valence-corrected chi connectivity index (χ4v) is 3.81. The quantitative estimate of drug-likeness (QED) is 0.261. The van der Waals surface area contributed by atoms with E-state index in [2.05, 4.69) is 17.5 Å². The third kappa shape index (κ3) is 5.61. The molecule has 26 heavy (non-hydrogen) atoms. The Hall–Kier alpha value is -2.30. The van der Waals surface area contributed by atoms with Crippen molar-refractivity contribution in [2.24, 2.45) is 4.99 Å². The Balaban J connectivity index is 1.85. The van der Waals surface area contributed by atoms with Crippen LogP contribution in [0.2, 0.25) is 0 Å². The summed E-state index contributed by atoms with van der Waals surface area (Å²) in [6, 6.07) is 26.6. The Morgan fingerprint density at radius 1 is 0.808 bits per heavy atom. The van der Waals surface area contributed by atoms with Crippen molar-refractivity contribution in [2.45, 2.75) is 16.7 Å². The van der Waals surface area contributed by atoms with Gasteiger partial charge in [0.05, 0.1) is 5.69 Å². The molecular formula is C22H18FNS2. The van der Waals surface area contributed by atoms with Gasteiger partial charge in [-0.15, -0.1) is 0 Å². The molecule has 0 aromatic heterocycles. The zero-order valence-electron chi connectivity index (χ0n) is 14.3. The van der Waals surface area contributed by atoms with E-state index in [1.165, 1.54) is 12.1 Å². The molecule has 0 bridgehead atoms. The van der Waals surface area contributed by atoms with Gasteiger partial charge in [-0.2, -0.15) is 0 Å². The van der Waals surface area contributed by atoms with Crippen LogP contribution in [0.4, 0.5) is 10.1 Å². The third-order valence-corrected chi connectivity index (χ3v) is 5.60. The lowest BCUT2D eigenvalue weighted by atomic mass is 10.3. The summed E-state index contributed by atoms with van der Waals surface area (Å²) in [6.45, 7) is 2.05. The molecule has 0 atom stereocenters. The number of thioether (sulfide) groups is 2. The number of rotatable bonds is 5. The minimum Gasteiger partial charge on any atom is -0.241 e. The maximum absolute atomic E-state index is 13.1. The summed E-state index contributed by atoms with van der Waals surface area (Å²) in [5.74, 6) is -0.221. The maximum Gasteiger partial charge on any atom is 0.123 e. The molecule has 0 aliphatic carbocycles. The lowest BCUT2D eigenvalue weighted by molar-refractivity contribution is 0.626. The summed E-state index contributed by atoms with van der Waals surface area (Å²) >= 11 is 3.20. The van der Waals surface area contributed by atoms with Crippen LogP contribution in [0.15, 0.2) is 111 Å². The van der Waals surface area contributed by atoms with Crippen LogP contribution in [0, 0.1) is 5.82 Å². The van der Waals surface area contributed by atoms with Crippen LogP contribution in [0.25, 0.3) is 0 Å². The molecule has 0 saturated heterocycles. The van der Waals surface area contributed by atoms with E-state index in [0.29, 0.717) is 0 Å². The van der Waals surface area contributed by atoms with E-state index < -0.39 is 0 Å². The minimum atomic E-state index is -0.221. The average molecular weight is 380 g/mol. The highest BCUT2D eigenvalue weighted by atomic mass is 32.2.